The largest absolute Gasteiger partial charge is 0.382 e. The molecule has 8 nitrogen and oxygen atoms in total. The van der Waals surface area contributed by atoms with Gasteiger partial charge in [0.2, 0.25) is 0 Å². The molecule has 10 heteroatoms. The predicted molar refractivity (Wildman–Crippen MR) is 131 cm³/mol. The van der Waals surface area contributed by atoms with E-state index in [2.05, 4.69) is 20.2 Å². The Morgan fingerprint density at radius 1 is 1.21 bits per heavy atom. The molecule has 2 atom stereocenters. The molecule has 0 spiro atoms. The predicted octanol–water partition coefficient (Wildman–Crippen LogP) is 3.81. The minimum atomic E-state index is -0.269. The highest BCUT2D eigenvalue weighted by Gasteiger charge is 2.39. The fourth-order valence-corrected chi connectivity index (χ4v) is 5.28. The molecule has 2 aliphatic rings. The molecule has 2 N–H and O–H groups in total. The van der Waals surface area contributed by atoms with Crippen LogP contribution in [0.25, 0.3) is 11.1 Å². The molecule has 2 amide bonds. The molecular formula is C24H22ClN5O3S. The first-order chi connectivity index (χ1) is 16.3. The van der Waals surface area contributed by atoms with E-state index < -0.39 is 0 Å². The minimum absolute atomic E-state index is 0.0535. The van der Waals surface area contributed by atoms with Crippen LogP contribution in [-0.2, 0) is 0 Å². The zero-order valence-electron chi connectivity index (χ0n) is 18.6. The van der Waals surface area contributed by atoms with Crippen LogP contribution in [-0.4, -0.2) is 57.3 Å². The summed E-state index contributed by atoms with van der Waals surface area (Å²) >= 11 is 7.39. The van der Waals surface area contributed by atoms with Gasteiger partial charge in [0.25, 0.3) is 11.8 Å². The topological polar surface area (TPSA) is 104 Å². The third kappa shape index (κ3) is 4.05. The Labute approximate surface area is 205 Å². The number of ketones is 1. The van der Waals surface area contributed by atoms with E-state index in [1.165, 1.54) is 18.5 Å². The van der Waals surface area contributed by atoms with E-state index in [4.69, 9.17) is 11.6 Å². The van der Waals surface area contributed by atoms with Gasteiger partial charge in [-0.3, -0.25) is 14.4 Å². The van der Waals surface area contributed by atoms with Crippen LogP contribution in [0.3, 0.4) is 0 Å². The lowest BCUT2D eigenvalue weighted by Crippen LogP contribution is -2.39. The number of fused-ring (bicyclic) bond motifs is 2. The molecular weight excluding hydrogens is 474 g/mol. The first-order valence-corrected chi connectivity index (χ1v) is 12.1. The van der Waals surface area contributed by atoms with E-state index in [1.807, 2.05) is 17.0 Å². The Balaban J connectivity index is 1.41. The average Bonchev–Trinajstić information content (AvgIpc) is 3.39. The molecule has 2 aliphatic heterocycles. The fraction of sp³-hybridized carbons (Fsp3) is 0.292. The average molecular weight is 496 g/mol. The second-order valence-electron chi connectivity index (χ2n) is 8.58. The first-order valence-electron chi connectivity index (χ1n) is 10.9. The van der Waals surface area contributed by atoms with Crippen molar-refractivity contribution in [2.75, 3.05) is 18.4 Å². The van der Waals surface area contributed by atoms with Crippen LogP contribution in [0, 0.1) is 6.92 Å². The lowest BCUT2D eigenvalue weighted by molar-refractivity contribution is 0.0743. The van der Waals surface area contributed by atoms with Gasteiger partial charge in [0, 0.05) is 35.4 Å². The van der Waals surface area contributed by atoms with Crippen molar-refractivity contribution in [1.29, 1.82) is 0 Å². The smallest absolute Gasteiger partial charge is 0.273 e. The molecule has 34 heavy (non-hydrogen) atoms. The molecule has 5 rings (SSSR count). The van der Waals surface area contributed by atoms with E-state index in [9.17, 15) is 14.4 Å². The van der Waals surface area contributed by atoms with Crippen molar-refractivity contribution in [3.8, 4) is 11.1 Å². The van der Waals surface area contributed by atoms with Gasteiger partial charge in [-0.15, -0.1) is 5.10 Å². The van der Waals surface area contributed by atoms with Crippen molar-refractivity contribution < 1.29 is 14.4 Å². The molecule has 1 saturated heterocycles. The van der Waals surface area contributed by atoms with Crippen LogP contribution >= 0.6 is 23.1 Å². The maximum absolute atomic E-state index is 13.6. The van der Waals surface area contributed by atoms with E-state index in [0.29, 0.717) is 46.9 Å². The van der Waals surface area contributed by atoms with E-state index >= 15 is 0 Å². The van der Waals surface area contributed by atoms with Gasteiger partial charge in [0.05, 0.1) is 16.5 Å². The minimum Gasteiger partial charge on any atom is -0.382 e. The Bertz CT molecular complexity index is 1320. The van der Waals surface area contributed by atoms with Gasteiger partial charge in [-0.1, -0.05) is 22.2 Å². The number of hydrogen-bond acceptors (Lipinski definition) is 7. The Morgan fingerprint density at radius 2 is 2.03 bits per heavy atom. The van der Waals surface area contributed by atoms with Crippen LogP contribution in [0.15, 0.2) is 36.4 Å². The van der Waals surface area contributed by atoms with Crippen molar-refractivity contribution in [1.82, 2.24) is 19.8 Å². The molecule has 0 aliphatic carbocycles. The summed E-state index contributed by atoms with van der Waals surface area (Å²) in [6.45, 7) is 4.31. The Morgan fingerprint density at radius 3 is 2.76 bits per heavy atom. The monoisotopic (exact) mass is 495 g/mol. The molecule has 1 fully saturated rings. The van der Waals surface area contributed by atoms with Crippen LogP contribution in [0.5, 0.6) is 0 Å². The number of hydrogen-bond donors (Lipinski definition) is 2. The molecule has 174 valence electrons. The molecule has 0 bridgehead atoms. The van der Waals surface area contributed by atoms with Gasteiger partial charge in [0.15, 0.2) is 11.5 Å². The van der Waals surface area contributed by atoms with Crippen molar-refractivity contribution in [2.45, 2.75) is 32.4 Å². The van der Waals surface area contributed by atoms with Gasteiger partial charge in [-0.25, -0.2) is 0 Å². The normalized spacial score (nSPS) is 19.1. The number of aromatic nitrogens is 2. The van der Waals surface area contributed by atoms with Crippen LogP contribution in [0.1, 0.15) is 49.4 Å². The quantitative estimate of drug-likeness (QED) is 0.533. The number of nitrogens with zero attached hydrogens (tertiary/aromatic N) is 3. The lowest BCUT2D eigenvalue weighted by atomic mass is 9.95. The summed E-state index contributed by atoms with van der Waals surface area (Å²) in [5.74, 6) is -0.453. The van der Waals surface area contributed by atoms with Gasteiger partial charge >= 0.3 is 0 Å². The maximum Gasteiger partial charge on any atom is 0.273 e. The Kier molecular flexibility index (Phi) is 5.83. The number of nitrogens with one attached hydrogen (secondary N) is 2. The van der Waals surface area contributed by atoms with Gasteiger partial charge < -0.3 is 15.5 Å². The molecule has 3 aromatic rings. The summed E-state index contributed by atoms with van der Waals surface area (Å²) in [5.41, 5.74) is 3.59. The van der Waals surface area contributed by atoms with Crippen molar-refractivity contribution in [3.63, 3.8) is 0 Å². The molecule has 2 aromatic carbocycles. The highest BCUT2D eigenvalue weighted by Crippen LogP contribution is 2.34. The molecule has 0 radical (unpaired) electrons. The summed E-state index contributed by atoms with van der Waals surface area (Å²) in [5, 5.41) is 10.8. The van der Waals surface area contributed by atoms with E-state index in [1.54, 1.807) is 31.2 Å². The van der Waals surface area contributed by atoms with Crippen LogP contribution < -0.4 is 10.6 Å². The second-order valence-corrected chi connectivity index (χ2v) is 9.98. The van der Waals surface area contributed by atoms with Crippen LogP contribution in [0.4, 0.5) is 5.69 Å². The zero-order valence-corrected chi connectivity index (χ0v) is 20.2. The third-order valence-electron chi connectivity index (χ3n) is 6.33. The summed E-state index contributed by atoms with van der Waals surface area (Å²) in [7, 11) is 0. The number of carbonyl (C=O) groups excluding carboxylic acids is 3. The Hall–Kier alpha value is -3.30. The number of amides is 2. The number of anilines is 1. The summed E-state index contributed by atoms with van der Waals surface area (Å²) in [6.07, 6.45) is 0.644. The SMILES string of the molecule is CC(=O)c1ccc(Cl)cc1-c1ccc2c(c1)C(=O)N1CC(NC(=O)c3nnsc3C)C[C@H]1CN2. The molecule has 0 saturated carbocycles. The third-order valence-corrected chi connectivity index (χ3v) is 7.19. The van der Waals surface area contributed by atoms with Gasteiger partial charge in [-0.05, 0) is 73.3 Å². The molecule has 3 heterocycles. The summed E-state index contributed by atoms with van der Waals surface area (Å²) < 4.78 is 3.82. The molecule has 1 aromatic heterocycles. The van der Waals surface area contributed by atoms with Crippen molar-refractivity contribution in [3.05, 3.63) is 63.1 Å². The number of halogens is 1. The number of benzene rings is 2. The standard InChI is InChI=1S/C24H22ClN5O3S/c1-12(31)18-5-4-15(25)8-19(18)14-3-6-21-20(7-14)24(33)30-11-16(9-17(30)10-26-21)27-23(32)22-13(2)34-29-28-22/h3-8,16-17,26H,9-11H2,1-2H3,(H,27,32)/t16?,17-/m0/s1. The summed E-state index contributed by atoms with van der Waals surface area (Å²) in [4.78, 5) is 40.9. The number of rotatable bonds is 4. The van der Waals surface area contributed by atoms with Gasteiger partial charge in [-0.2, -0.15) is 0 Å². The highest BCUT2D eigenvalue weighted by molar-refractivity contribution is 7.05. The van der Waals surface area contributed by atoms with Crippen molar-refractivity contribution >= 4 is 46.4 Å². The first kappa shape index (κ1) is 22.5. The number of carbonyl (C=O) groups is 3. The van der Waals surface area contributed by atoms with Crippen LogP contribution in [0.2, 0.25) is 5.02 Å². The van der Waals surface area contributed by atoms with E-state index in [-0.39, 0.29) is 29.7 Å². The fourth-order valence-electron chi connectivity index (χ4n) is 4.65. The van der Waals surface area contributed by atoms with Gasteiger partial charge in [0.1, 0.15) is 0 Å². The summed E-state index contributed by atoms with van der Waals surface area (Å²) in [6, 6.07) is 10.5. The molecule has 1 unspecified atom stereocenters. The van der Waals surface area contributed by atoms with E-state index in [0.717, 1.165) is 16.1 Å². The number of Topliss-reactive ketones (excluding diaryl/α,β-unsaturated/α-hetero) is 1. The maximum atomic E-state index is 13.6. The van der Waals surface area contributed by atoms with Crippen molar-refractivity contribution in [2.24, 2.45) is 0 Å². The second kappa shape index (κ2) is 8.81. The lowest BCUT2D eigenvalue weighted by Gasteiger charge is -2.21. The number of aryl methyl sites for hydroxylation is 1. The zero-order chi connectivity index (χ0) is 24.0. The highest BCUT2D eigenvalue weighted by atomic mass is 35.5.